The van der Waals surface area contributed by atoms with Gasteiger partial charge in [0.15, 0.2) is 16.6 Å². The Balaban J connectivity index is 1.24. The van der Waals surface area contributed by atoms with Gasteiger partial charge in [-0.3, -0.25) is 4.57 Å². The van der Waals surface area contributed by atoms with Gasteiger partial charge in [-0.2, -0.15) is 5.26 Å². The van der Waals surface area contributed by atoms with Crippen LogP contribution in [0.2, 0.25) is 0 Å². The van der Waals surface area contributed by atoms with Crippen molar-refractivity contribution in [2.45, 2.75) is 24.9 Å². The van der Waals surface area contributed by atoms with Crippen LogP contribution >= 0.6 is 12.2 Å². The molecule has 2 N–H and O–H groups in total. The molecule has 0 spiro atoms. The van der Waals surface area contributed by atoms with Crippen molar-refractivity contribution >= 4 is 28.1 Å². The lowest BCUT2D eigenvalue weighted by molar-refractivity contribution is 0.334. The Morgan fingerprint density at radius 1 is 1.21 bits per heavy atom. The molecule has 10 nitrogen and oxygen atoms in total. The topological polar surface area (TPSA) is 118 Å². The zero-order valence-corrected chi connectivity index (χ0v) is 22.2. The number of fused-ring (bicyclic) bond motifs is 6. The van der Waals surface area contributed by atoms with Gasteiger partial charge in [0.05, 0.1) is 38.2 Å². The zero-order valence-electron chi connectivity index (χ0n) is 21.4. The molecule has 0 saturated carbocycles. The number of nitriles is 1. The van der Waals surface area contributed by atoms with Crippen molar-refractivity contribution in [2.24, 2.45) is 0 Å². The normalized spacial score (nSPS) is 17.2. The van der Waals surface area contributed by atoms with Crippen molar-refractivity contribution in [3.05, 3.63) is 76.1 Å². The van der Waals surface area contributed by atoms with E-state index in [0.717, 1.165) is 12.0 Å². The third kappa shape index (κ3) is 3.87. The van der Waals surface area contributed by atoms with Crippen LogP contribution in [-0.4, -0.2) is 56.5 Å². The lowest BCUT2D eigenvalue weighted by Gasteiger charge is -2.30. The van der Waals surface area contributed by atoms with Crippen molar-refractivity contribution in [1.82, 2.24) is 24.3 Å². The largest absolute Gasteiger partial charge is 0.493 e. The van der Waals surface area contributed by atoms with Crippen LogP contribution in [0.3, 0.4) is 0 Å². The van der Waals surface area contributed by atoms with E-state index in [9.17, 15) is 15.2 Å². The molecule has 4 heterocycles. The van der Waals surface area contributed by atoms with E-state index in [1.54, 1.807) is 24.9 Å². The maximum atomic E-state index is 13.6. The van der Waals surface area contributed by atoms with Gasteiger partial charge in [-0.05, 0) is 42.8 Å². The second kappa shape index (κ2) is 9.63. The highest BCUT2D eigenvalue weighted by molar-refractivity contribution is 7.80. The van der Waals surface area contributed by atoms with Crippen molar-refractivity contribution in [1.29, 1.82) is 5.26 Å². The highest BCUT2D eigenvalue weighted by atomic mass is 32.1. The molecule has 6 rings (SSSR count). The van der Waals surface area contributed by atoms with E-state index in [1.807, 2.05) is 41.3 Å². The van der Waals surface area contributed by atoms with E-state index < -0.39 is 0 Å². The summed E-state index contributed by atoms with van der Waals surface area (Å²) in [4.78, 5) is 19.9. The number of hydrogen-bond acceptors (Lipinski definition) is 7. The number of ether oxygens (including phenoxy) is 2. The number of pyridine rings is 1. The molecule has 198 valence electrons. The molecule has 39 heavy (non-hydrogen) atoms. The van der Waals surface area contributed by atoms with E-state index >= 15 is 0 Å². The molecule has 2 atom stereocenters. The maximum Gasteiger partial charge on any atom is 0.336 e. The number of benzene rings is 2. The summed E-state index contributed by atoms with van der Waals surface area (Å²) in [5, 5.41) is 26.0. The molecule has 2 aromatic carbocycles. The fourth-order valence-corrected chi connectivity index (χ4v) is 6.09. The zero-order chi connectivity index (χ0) is 27.3. The highest BCUT2D eigenvalue weighted by Gasteiger charge is 2.48. The van der Waals surface area contributed by atoms with Crippen LogP contribution < -0.4 is 20.5 Å². The van der Waals surface area contributed by atoms with Gasteiger partial charge in [-0.25, -0.2) is 14.3 Å². The van der Waals surface area contributed by atoms with Crippen molar-refractivity contribution in [3.63, 3.8) is 0 Å². The van der Waals surface area contributed by atoms with Gasteiger partial charge in [0.2, 0.25) is 5.88 Å². The number of thiocarbonyl (C=S) groups is 1. The smallest absolute Gasteiger partial charge is 0.336 e. The Labute approximate surface area is 229 Å². The first-order chi connectivity index (χ1) is 19.0. The van der Waals surface area contributed by atoms with Gasteiger partial charge in [0.25, 0.3) is 0 Å². The van der Waals surface area contributed by atoms with Crippen LogP contribution in [-0.2, 0) is 6.42 Å². The Morgan fingerprint density at radius 2 is 1.97 bits per heavy atom. The Hall–Kier alpha value is -4.56. The summed E-state index contributed by atoms with van der Waals surface area (Å²) in [6.45, 7) is 1.19. The predicted molar refractivity (Wildman–Crippen MR) is 149 cm³/mol. The molecular weight excluding hydrogens is 516 g/mol. The number of aromatic nitrogens is 3. The maximum absolute atomic E-state index is 13.6. The lowest BCUT2D eigenvalue weighted by Crippen LogP contribution is -2.43. The summed E-state index contributed by atoms with van der Waals surface area (Å²) in [5.74, 6) is 1.24. The summed E-state index contributed by atoms with van der Waals surface area (Å²) in [7, 11) is 3.22. The van der Waals surface area contributed by atoms with Gasteiger partial charge in [0, 0.05) is 23.9 Å². The summed E-state index contributed by atoms with van der Waals surface area (Å²) >= 11 is 5.73. The molecule has 2 aliphatic rings. The van der Waals surface area contributed by atoms with Crippen LogP contribution in [0, 0.1) is 11.3 Å². The minimum Gasteiger partial charge on any atom is -0.493 e. The Kier molecular flexibility index (Phi) is 6.12. The number of nitrogens with one attached hydrogen (secondary N) is 1. The number of rotatable bonds is 6. The monoisotopic (exact) mass is 542 g/mol. The fraction of sp³-hybridized carbons (Fsp3) is 0.286. The lowest BCUT2D eigenvalue weighted by atomic mass is 10.1. The number of hydrogen-bond donors (Lipinski definition) is 2. The first-order valence-electron chi connectivity index (χ1n) is 12.6. The summed E-state index contributed by atoms with van der Waals surface area (Å²) in [6, 6.07) is 14.8. The number of likely N-dealkylation sites (tertiary alicyclic amines) is 1. The van der Waals surface area contributed by atoms with Crippen molar-refractivity contribution in [2.75, 3.05) is 27.3 Å². The van der Waals surface area contributed by atoms with E-state index in [1.165, 1.54) is 10.8 Å². The number of aromatic hydroxyl groups is 1. The molecule has 1 saturated heterocycles. The third-order valence-electron chi connectivity index (χ3n) is 7.58. The quantitative estimate of drug-likeness (QED) is 0.354. The average Bonchev–Trinajstić information content (AvgIpc) is 3.63. The molecular formula is C28H26N6O4S. The van der Waals surface area contributed by atoms with Gasteiger partial charge in [-0.15, -0.1) is 0 Å². The van der Waals surface area contributed by atoms with Crippen LogP contribution in [0.4, 0.5) is 0 Å². The van der Waals surface area contributed by atoms with Crippen molar-refractivity contribution < 1.29 is 14.6 Å². The van der Waals surface area contributed by atoms with Gasteiger partial charge in [0.1, 0.15) is 17.5 Å². The van der Waals surface area contributed by atoms with Crippen LogP contribution in [0.25, 0.3) is 16.5 Å². The molecule has 1 unspecified atom stereocenters. The Morgan fingerprint density at radius 3 is 2.72 bits per heavy atom. The first kappa shape index (κ1) is 24.8. The number of methoxy groups -OCH3 is 2. The predicted octanol–water partition coefficient (Wildman–Crippen LogP) is 3.20. The second-order valence-corrected chi connectivity index (χ2v) is 9.96. The van der Waals surface area contributed by atoms with Crippen LogP contribution in [0.15, 0.2) is 53.5 Å². The molecule has 4 aromatic rings. The van der Waals surface area contributed by atoms with E-state index in [-0.39, 0.29) is 29.3 Å². The summed E-state index contributed by atoms with van der Waals surface area (Å²) < 4.78 is 13.7. The molecule has 0 radical (unpaired) electrons. The molecule has 11 heteroatoms. The molecule has 0 amide bonds. The van der Waals surface area contributed by atoms with E-state index in [0.29, 0.717) is 58.3 Å². The fourth-order valence-electron chi connectivity index (χ4n) is 5.78. The highest BCUT2D eigenvalue weighted by Crippen LogP contribution is 2.48. The molecule has 2 bridgehead atoms. The van der Waals surface area contributed by atoms with Gasteiger partial charge in [-0.1, -0.05) is 30.3 Å². The van der Waals surface area contributed by atoms with Crippen molar-refractivity contribution in [3.8, 4) is 29.1 Å². The van der Waals surface area contributed by atoms with Crippen LogP contribution in [0.5, 0.6) is 17.4 Å². The minimum atomic E-state index is -0.321. The summed E-state index contributed by atoms with van der Waals surface area (Å²) in [6.07, 6.45) is 2.90. The Bertz CT molecular complexity index is 1720. The standard InChI is InChI=1S/C28H26N6O4S/c1-37-23-8-7-16(11-24(23)38-2)9-10-30-27(39)32-15-17-12-21(32)25-26(35)34(28(36)33(17)25)22-14-31-20(13-29)18-5-3-4-6-19(18)22/h3-8,11,14,17,21,35H,9-10,12,15H2,1-2H3,(H,30,39)/t17-,21?/m1/s1. The minimum absolute atomic E-state index is 0.104. The molecule has 2 aliphatic heterocycles. The number of imidazole rings is 1. The van der Waals surface area contributed by atoms with Gasteiger partial charge < -0.3 is 24.8 Å². The summed E-state index contributed by atoms with van der Waals surface area (Å²) in [5.41, 5.74) is 2.02. The van der Waals surface area contributed by atoms with E-state index in [4.69, 9.17) is 21.7 Å². The molecule has 2 aromatic heterocycles. The number of nitrogens with zero attached hydrogens (tertiary/aromatic N) is 5. The molecule has 0 aliphatic carbocycles. The first-order valence-corrected chi connectivity index (χ1v) is 13.0. The van der Waals surface area contributed by atoms with Gasteiger partial charge >= 0.3 is 5.69 Å². The second-order valence-electron chi connectivity index (χ2n) is 9.58. The van der Waals surface area contributed by atoms with Crippen LogP contribution in [0.1, 0.15) is 35.5 Å². The molecule has 1 fully saturated rings. The third-order valence-corrected chi connectivity index (χ3v) is 7.96. The van der Waals surface area contributed by atoms with E-state index in [2.05, 4.69) is 16.4 Å². The average molecular weight is 543 g/mol. The SMILES string of the molecule is COc1ccc(CCNC(=S)N2C[C@H]3CC2c2c(O)n(-c4cnc(C#N)c5ccccc45)c(=O)n23)cc1OC.